The molecule has 1 saturated carbocycles. The smallest absolute Gasteiger partial charge is 0.222 e. The van der Waals surface area contributed by atoms with Gasteiger partial charge in [-0.3, -0.25) is 4.79 Å². The van der Waals surface area contributed by atoms with Gasteiger partial charge in [0.05, 0.1) is 30.3 Å². The van der Waals surface area contributed by atoms with Gasteiger partial charge < -0.3 is 4.90 Å². The van der Waals surface area contributed by atoms with E-state index in [-0.39, 0.29) is 12.3 Å². The maximum Gasteiger partial charge on any atom is 0.222 e. The Balaban J connectivity index is 2.42. The van der Waals surface area contributed by atoms with Gasteiger partial charge >= 0.3 is 0 Å². The summed E-state index contributed by atoms with van der Waals surface area (Å²) in [5, 5.41) is 36.6. The molecule has 1 amide bonds. The van der Waals surface area contributed by atoms with Gasteiger partial charge in [0.25, 0.3) is 0 Å². The quantitative estimate of drug-likeness (QED) is 0.658. The lowest BCUT2D eigenvalue weighted by atomic mass is 9.48. The molecule has 2 rings (SSSR count). The third-order valence-electron chi connectivity index (χ3n) is 3.89. The molecule has 1 unspecified atom stereocenters. The van der Waals surface area contributed by atoms with Crippen molar-refractivity contribution in [1.29, 1.82) is 21.0 Å². The van der Waals surface area contributed by atoms with Crippen LogP contribution in [-0.4, -0.2) is 23.4 Å². The Kier molecular flexibility index (Phi) is 2.46. The van der Waals surface area contributed by atoms with E-state index >= 15 is 0 Å². The van der Waals surface area contributed by atoms with Crippen LogP contribution >= 0.6 is 0 Å². The Morgan fingerprint density at radius 2 is 1.72 bits per heavy atom. The van der Waals surface area contributed by atoms with Crippen LogP contribution in [0.15, 0.2) is 0 Å². The molecule has 2 fully saturated rings. The number of nitriles is 4. The molecule has 0 aromatic rings. The van der Waals surface area contributed by atoms with E-state index in [2.05, 4.69) is 0 Å². The van der Waals surface area contributed by atoms with Crippen LogP contribution in [-0.2, 0) is 4.79 Å². The van der Waals surface area contributed by atoms with Gasteiger partial charge in [0.1, 0.15) is 0 Å². The highest BCUT2D eigenvalue weighted by Crippen LogP contribution is 2.58. The van der Waals surface area contributed by atoms with Crippen molar-refractivity contribution in [3.8, 4) is 24.3 Å². The van der Waals surface area contributed by atoms with Gasteiger partial charge in [-0.25, -0.2) is 0 Å². The molecule has 0 aromatic carbocycles. The number of hydrogen-bond donors (Lipinski definition) is 0. The fourth-order valence-corrected chi connectivity index (χ4v) is 2.76. The minimum Gasteiger partial charge on any atom is -0.337 e. The van der Waals surface area contributed by atoms with Crippen molar-refractivity contribution in [3.05, 3.63) is 0 Å². The molecule has 2 aliphatic rings. The number of nitrogens with zero attached hydrogens (tertiary/aromatic N) is 5. The Hall–Kier alpha value is -2.57. The topological polar surface area (TPSA) is 115 Å². The molecule has 1 atom stereocenters. The Bertz CT molecular complexity index is 539. The van der Waals surface area contributed by atoms with E-state index in [4.69, 9.17) is 10.5 Å². The average molecular weight is 239 g/mol. The highest BCUT2D eigenvalue weighted by Gasteiger charge is 2.71. The summed E-state index contributed by atoms with van der Waals surface area (Å²) in [4.78, 5) is 13.1. The number of amides is 1. The maximum absolute atomic E-state index is 11.7. The third-order valence-corrected chi connectivity index (χ3v) is 3.89. The van der Waals surface area contributed by atoms with Crippen molar-refractivity contribution in [1.82, 2.24) is 4.90 Å². The molecular weight excluding hydrogens is 230 g/mol. The van der Waals surface area contributed by atoms with E-state index in [9.17, 15) is 15.3 Å². The van der Waals surface area contributed by atoms with E-state index in [1.54, 1.807) is 24.3 Å². The number of hydrogen-bond acceptors (Lipinski definition) is 5. The molecule has 0 bridgehead atoms. The molecule has 6 nitrogen and oxygen atoms in total. The second-order valence-corrected chi connectivity index (χ2v) is 4.57. The second kappa shape index (κ2) is 3.73. The maximum atomic E-state index is 11.7. The van der Waals surface area contributed by atoms with Crippen molar-refractivity contribution in [2.75, 3.05) is 6.54 Å². The number of carbonyl (C=O) groups excluding carboxylic acids is 1. The lowest BCUT2D eigenvalue weighted by Gasteiger charge is -2.52. The SMILES string of the molecule is N#CC1(C#N)CC(N2CCCC2=O)C1(C#N)C#N. The van der Waals surface area contributed by atoms with Crippen molar-refractivity contribution < 1.29 is 4.79 Å². The lowest BCUT2D eigenvalue weighted by molar-refractivity contribution is -0.136. The highest BCUT2D eigenvalue weighted by molar-refractivity contribution is 5.79. The molecule has 18 heavy (non-hydrogen) atoms. The van der Waals surface area contributed by atoms with E-state index < -0.39 is 16.9 Å². The van der Waals surface area contributed by atoms with Crippen LogP contribution in [0.3, 0.4) is 0 Å². The molecule has 0 N–H and O–H groups in total. The van der Waals surface area contributed by atoms with Crippen LogP contribution < -0.4 is 0 Å². The fraction of sp³-hybridized carbons (Fsp3) is 0.583. The Morgan fingerprint density at radius 1 is 1.11 bits per heavy atom. The van der Waals surface area contributed by atoms with Crippen LogP contribution in [0.5, 0.6) is 0 Å². The first-order chi connectivity index (χ1) is 8.60. The largest absolute Gasteiger partial charge is 0.337 e. The second-order valence-electron chi connectivity index (χ2n) is 4.57. The number of rotatable bonds is 1. The first kappa shape index (κ1) is 11.9. The zero-order valence-electron chi connectivity index (χ0n) is 9.55. The lowest BCUT2D eigenvalue weighted by Crippen LogP contribution is -2.65. The predicted molar refractivity (Wildman–Crippen MR) is 56.7 cm³/mol. The summed E-state index contributed by atoms with van der Waals surface area (Å²) in [6.07, 6.45) is 1.16. The van der Waals surface area contributed by atoms with Gasteiger partial charge in [0, 0.05) is 19.4 Å². The first-order valence-corrected chi connectivity index (χ1v) is 5.55. The molecule has 1 saturated heterocycles. The normalized spacial score (nSPS) is 27.2. The zero-order chi connectivity index (χ0) is 13.4. The minimum absolute atomic E-state index is 0.0763. The van der Waals surface area contributed by atoms with Gasteiger partial charge in [-0.1, -0.05) is 0 Å². The minimum atomic E-state index is -1.73. The van der Waals surface area contributed by atoms with Gasteiger partial charge in [-0.15, -0.1) is 0 Å². The summed E-state index contributed by atoms with van der Waals surface area (Å²) in [6.45, 7) is 0.488. The molecular formula is C12H9N5O. The standard InChI is InChI=1S/C12H9N5O/c13-5-11(6-14)4-9(12(11,7-15)8-16)17-3-1-2-10(17)18/h9H,1-4H2. The highest BCUT2D eigenvalue weighted by atomic mass is 16.2. The molecule has 1 aliphatic carbocycles. The van der Waals surface area contributed by atoms with Gasteiger partial charge in [0.15, 0.2) is 10.8 Å². The van der Waals surface area contributed by atoms with Crippen LogP contribution in [0.25, 0.3) is 0 Å². The fourth-order valence-electron chi connectivity index (χ4n) is 2.76. The van der Waals surface area contributed by atoms with Crippen LogP contribution in [0.2, 0.25) is 0 Å². The Morgan fingerprint density at radius 3 is 2.11 bits per heavy atom. The molecule has 6 heteroatoms. The summed E-state index contributed by atoms with van der Waals surface area (Å²) >= 11 is 0. The predicted octanol–water partition coefficient (Wildman–Crippen LogP) is 0.448. The molecule has 88 valence electrons. The van der Waals surface area contributed by atoms with Crippen molar-refractivity contribution in [3.63, 3.8) is 0 Å². The van der Waals surface area contributed by atoms with Crippen molar-refractivity contribution >= 4 is 5.91 Å². The van der Waals surface area contributed by atoms with E-state index in [0.717, 1.165) is 0 Å². The van der Waals surface area contributed by atoms with Gasteiger partial charge in [0.2, 0.25) is 5.91 Å². The monoisotopic (exact) mass is 239 g/mol. The zero-order valence-corrected chi connectivity index (χ0v) is 9.55. The Labute approximate surface area is 104 Å². The summed E-state index contributed by atoms with van der Waals surface area (Å²) < 4.78 is 0. The molecule has 0 spiro atoms. The van der Waals surface area contributed by atoms with E-state index in [0.29, 0.717) is 19.4 Å². The van der Waals surface area contributed by atoms with E-state index in [1.807, 2.05) is 0 Å². The molecule has 0 radical (unpaired) electrons. The van der Waals surface area contributed by atoms with Gasteiger partial charge in [-0.05, 0) is 6.42 Å². The van der Waals surface area contributed by atoms with Crippen LogP contribution in [0.4, 0.5) is 0 Å². The van der Waals surface area contributed by atoms with Gasteiger partial charge in [-0.2, -0.15) is 21.0 Å². The van der Waals surface area contributed by atoms with Crippen molar-refractivity contribution in [2.45, 2.75) is 25.3 Å². The summed E-state index contributed by atoms with van der Waals surface area (Å²) in [5.74, 6) is -0.112. The van der Waals surface area contributed by atoms with Crippen LogP contribution in [0, 0.1) is 56.2 Å². The molecule has 1 aliphatic heterocycles. The summed E-state index contributed by atoms with van der Waals surface area (Å²) in [6, 6.07) is 6.54. The van der Waals surface area contributed by atoms with E-state index in [1.165, 1.54) is 4.90 Å². The number of likely N-dealkylation sites (tertiary alicyclic amines) is 1. The first-order valence-electron chi connectivity index (χ1n) is 5.55. The molecule has 0 aromatic heterocycles. The summed E-state index contributed by atoms with van der Waals surface area (Å²) in [5.41, 5.74) is -3.35. The van der Waals surface area contributed by atoms with Crippen molar-refractivity contribution in [2.24, 2.45) is 10.8 Å². The summed E-state index contributed by atoms with van der Waals surface area (Å²) in [7, 11) is 0. The third kappa shape index (κ3) is 1.10. The molecule has 1 heterocycles. The van der Waals surface area contributed by atoms with Crippen LogP contribution in [0.1, 0.15) is 19.3 Å². The number of carbonyl (C=O) groups is 1. The average Bonchev–Trinajstić information content (AvgIpc) is 2.78.